The van der Waals surface area contributed by atoms with Crippen LogP contribution in [0, 0.1) is 0 Å². The maximum atomic E-state index is 6.02. The zero-order chi connectivity index (χ0) is 14.2. The standard InChI is InChI=1S/C17H19NO2/c1-17(2)10-9-12-3-6-15(11-16(12)20-17)19-14-7-4-13(18)5-8-14/h3-8,11H,9-10,18H2,1-2H3. The van der Waals surface area contributed by atoms with Crippen molar-refractivity contribution in [2.75, 3.05) is 5.73 Å². The Balaban J connectivity index is 1.83. The number of nitrogen functional groups attached to an aromatic ring is 1. The zero-order valence-electron chi connectivity index (χ0n) is 11.8. The summed E-state index contributed by atoms with van der Waals surface area (Å²) in [6.45, 7) is 4.23. The van der Waals surface area contributed by atoms with E-state index in [1.807, 2.05) is 36.4 Å². The van der Waals surface area contributed by atoms with Gasteiger partial charge >= 0.3 is 0 Å². The van der Waals surface area contributed by atoms with Gasteiger partial charge in [0, 0.05) is 11.8 Å². The molecule has 0 unspecified atom stereocenters. The second-order valence-electron chi connectivity index (χ2n) is 5.80. The molecule has 1 heterocycles. The third kappa shape index (κ3) is 2.72. The summed E-state index contributed by atoms with van der Waals surface area (Å²) in [6.07, 6.45) is 2.09. The maximum Gasteiger partial charge on any atom is 0.131 e. The third-order valence-electron chi connectivity index (χ3n) is 3.54. The Morgan fingerprint density at radius 1 is 1.05 bits per heavy atom. The van der Waals surface area contributed by atoms with E-state index >= 15 is 0 Å². The lowest BCUT2D eigenvalue weighted by atomic mass is 9.94. The van der Waals surface area contributed by atoms with Crippen LogP contribution in [0.25, 0.3) is 0 Å². The van der Waals surface area contributed by atoms with Gasteiger partial charge in [-0.3, -0.25) is 0 Å². The smallest absolute Gasteiger partial charge is 0.131 e. The molecular formula is C17H19NO2. The maximum absolute atomic E-state index is 6.02. The Labute approximate surface area is 119 Å². The Hall–Kier alpha value is -2.16. The van der Waals surface area contributed by atoms with Crippen LogP contribution in [-0.4, -0.2) is 5.60 Å². The molecule has 0 spiro atoms. The number of rotatable bonds is 2. The molecule has 104 valence electrons. The predicted molar refractivity (Wildman–Crippen MR) is 80.4 cm³/mol. The summed E-state index contributed by atoms with van der Waals surface area (Å²) in [5, 5.41) is 0. The minimum absolute atomic E-state index is 0.104. The molecule has 0 aliphatic carbocycles. The summed E-state index contributed by atoms with van der Waals surface area (Å²) >= 11 is 0. The van der Waals surface area contributed by atoms with E-state index in [0.29, 0.717) is 0 Å². The number of hydrogen-bond donors (Lipinski definition) is 1. The number of anilines is 1. The first-order valence-electron chi connectivity index (χ1n) is 6.87. The van der Waals surface area contributed by atoms with Gasteiger partial charge in [-0.25, -0.2) is 0 Å². The Kier molecular flexibility index (Phi) is 3.05. The molecule has 0 saturated carbocycles. The van der Waals surface area contributed by atoms with E-state index in [1.165, 1.54) is 5.56 Å². The van der Waals surface area contributed by atoms with Crippen molar-refractivity contribution < 1.29 is 9.47 Å². The molecule has 20 heavy (non-hydrogen) atoms. The quantitative estimate of drug-likeness (QED) is 0.832. The summed E-state index contributed by atoms with van der Waals surface area (Å²) in [7, 11) is 0. The van der Waals surface area contributed by atoms with Crippen LogP contribution in [0.15, 0.2) is 42.5 Å². The first-order valence-corrected chi connectivity index (χ1v) is 6.87. The van der Waals surface area contributed by atoms with Crippen LogP contribution in [0.4, 0.5) is 5.69 Å². The van der Waals surface area contributed by atoms with Crippen molar-refractivity contribution in [1.29, 1.82) is 0 Å². The van der Waals surface area contributed by atoms with Gasteiger partial charge in [0.2, 0.25) is 0 Å². The minimum Gasteiger partial charge on any atom is -0.487 e. The van der Waals surface area contributed by atoms with Gasteiger partial charge in [-0.05, 0) is 62.6 Å². The van der Waals surface area contributed by atoms with Crippen LogP contribution in [-0.2, 0) is 6.42 Å². The van der Waals surface area contributed by atoms with Crippen LogP contribution in [0.5, 0.6) is 17.2 Å². The second kappa shape index (κ2) is 4.75. The zero-order valence-corrected chi connectivity index (χ0v) is 11.8. The van der Waals surface area contributed by atoms with Crippen molar-refractivity contribution in [3.05, 3.63) is 48.0 Å². The number of nitrogens with two attached hydrogens (primary N) is 1. The number of fused-ring (bicyclic) bond motifs is 1. The van der Waals surface area contributed by atoms with Crippen molar-refractivity contribution in [2.24, 2.45) is 0 Å². The normalized spacial score (nSPS) is 16.1. The molecule has 2 aromatic rings. The minimum atomic E-state index is -0.104. The number of benzene rings is 2. The van der Waals surface area contributed by atoms with E-state index < -0.39 is 0 Å². The van der Waals surface area contributed by atoms with Gasteiger partial charge in [-0.15, -0.1) is 0 Å². The molecule has 0 amide bonds. The van der Waals surface area contributed by atoms with E-state index in [4.69, 9.17) is 15.2 Å². The third-order valence-corrected chi connectivity index (χ3v) is 3.54. The lowest BCUT2D eigenvalue weighted by Crippen LogP contribution is -2.32. The molecule has 2 aromatic carbocycles. The Morgan fingerprint density at radius 2 is 1.75 bits per heavy atom. The molecule has 1 aliphatic heterocycles. The highest BCUT2D eigenvalue weighted by Gasteiger charge is 2.26. The molecule has 0 radical (unpaired) electrons. The van der Waals surface area contributed by atoms with E-state index in [9.17, 15) is 0 Å². The fourth-order valence-corrected chi connectivity index (χ4v) is 2.36. The number of hydrogen-bond acceptors (Lipinski definition) is 3. The van der Waals surface area contributed by atoms with Crippen molar-refractivity contribution in [3.8, 4) is 17.2 Å². The molecular weight excluding hydrogens is 250 g/mol. The Bertz CT molecular complexity index is 617. The molecule has 1 aliphatic rings. The number of ether oxygens (including phenoxy) is 2. The number of aryl methyl sites for hydroxylation is 1. The van der Waals surface area contributed by atoms with Crippen LogP contribution in [0.1, 0.15) is 25.8 Å². The van der Waals surface area contributed by atoms with Crippen LogP contribution in [0.2, 0.25) is 0 Å². The average molecular weight is 269 g/mol. The summed E-state index contributed by atoms with van der Waals surface area (Å²) in [5.41, 5.74) is 7.54. The predicted octanol–water partition coefficient (Wildman–Crippen LogP) is 4.16. The van der Waals surface area contributed by atoms with Gasteiger partial charge in [0.05, 0.1) is 0 Å². The molecule has 0 atom stereocenters. The van der Waals surface area contributed by atoms with Crippen molar-refractivity contribution in [2.45, 2.75) is 32.3 Å². The average Bonchev–Trinajstić information content (AvgIpc) is 2.40. The summed E-state index contributed by atoms with van der Waals surface area (Å²) < 4.78 is 11.8. The van der Waals surface area contributed by atoms with Crippen LogP contribution >= 0.6 is 0 Å². The monoisotopic (exact) mass is 269 g/mol. The molecule has 0 fully saturated rings. The fraction of sp³-hybridized carbons (Fsp3) is 0.294. The summed E-state index contributed by atoms with van der Waals surface area (Å²) in [5.74, 6) is 2.48. The van der Waals surface area contributed by atoms with Crippen LogP contribution in [0.3, 0.4) is 0 Å². The van der Waals surface area contributed by atoms with Gasteiger partial charge in [0.25, 0.3) is 0 Å². The van der Waals surface area contributed by atoms with E-state index in [-0.39, 0.29) is 5.60 Å². The van der Waals surface area contributed by atoms with E-state index in [0.717, 1.165) is 35.8 Å². The SMILES string of the molecule is CC1(C)CCc2ccc(Oc3ccc(N)cc3)cc2O1. The topological polar surface area (TPSA) is 44.5 Å². The molecule has 3 rings (SSSR count). The van der Waals surface area contributed by atoms with Gasteiger partial charge in [-0.1, -0.05) is 6.07 Å². The molecule has 3 nitrogen and oxygen atoms in total. The fourth-order valence-electron chi connectivity index (χ4n) is 2.36. The highest BCUT2D eigenvalue weighted by atomic mass is 16.5. The van der Waals surface area contributed by atoms with Gasteiger partial charge in [-0.2, -0.15) is 0 Å². The molecule has 2 N–H and O–H groups in total. The first-order chi connectivity index (χ1) is 9.52. The lowest BCUT2D eigenvalue weighted by Gasteiger charge is -2.32. The van der Waals surface area contributed by atoms with Gasteiger partial charge in [0.1, 0.15) is 22.8 Å². The van der Waals surface area contributed by atoms with E-state index in [2.05, 4.69) is 19.9 Å². The molecule has 0 bridgehead atoms. The molecule has 3 heteroatoms. The van der Waals surface area contributed by atoms with Crippen molar-refractivity contribution in [3.63, 3.8) is 0 Å². The second-order valence-corrected chi connectivity index (χ2v) is 5.80. The Morgan fingerprint density at radius 3 is 2.50 bits per heavy atom. The largest absolute Gasteiger partial charge is 0.487 e. The first kappa shape index (κ1) is 12.9. The highest BCUT2D eigenvalue weighted by Crippen LogP contribution is 2.36. The summed E-state index contributed by atoms with van der Waals surface area (Å²) in [4.78, 5) is 0. The lowest BCUT2D eigenvalue weighted by molar-refractivity contribution is 0.0844. The summed E-state index contributed by atoms with van der Waals surface area (Å²) in [6, 6.07) is 13.4. The molecule has 0 saturated heterocycles. The molecule has 0 aromatic heterocycles. The van der Waals surface area contributed by atoms with Gasteiger partial charge in [0.15, 0.2) is 0 Å². The van der Waals surface area contributed by atoms with Gasteiger partial charge < -0.3 is 15.2 Å². The van der Waals surface area contributed by atoms with Crippen molar-refractivity contribution in [1.82, 2.24) is 0 Å². The highest BCUT2D eigenvalue weighted by molar-refractivity contribution is 5.46. The van der Waals surface area contributed by atoms with E-state index in [1.54, 1.807) is 0 Å². The van der Waals surface area contributed by atoms with Crippen molar-refractivity contribution >= 4 is 5.69 Å². The van der Waals surface area contributed by atoms with Crippen LogP contribution < -0.4 is 15.2 Å².